The molecule has 0 radical (unpaired) electrons. The molecule has 0 saturated carbocycles. The van der Waals surface area contributed by atoms with Gasteiger partial charge in [0, 0.05) is 52.0 Å². The second-order valence-electron chi connectivity index (χ2n) is 6.81. The van der Waals surface area contributed by atoms with Crippen molar-refractivity contribution in [3.05, 3.63) is 24.3 Å². The van der Waals surface area contributed by atoms with Gasteiger partial charge < -0.3 is 20.1 Å². The van der Waals surface area contributed by atoms with Crippen LogP contribution in [-0.2, 0) is 4.74 Å². The first-order valence-electron chi connectivity index (χ1n) is 9.38. The molecule has 0 amide bonds. The predicted octanol–water partition coefficient (Wildman–Crippen LogP) is 2.97. The Bertz CT molecular complexity index is 625. The maximum Gasteiger partial charge on any atom is 0.401 e. The summed E-state index contributed by atoms with van der Waals surface area (Å²) in [6, 6.07) is 7.53. The topological polar surface area (TPSA) is 58.1 Å². The smallest absolute Gasteiger partial charge is 0.401 e. The molecule has 1 aromatic carbocycles. The van der Waals surface area contributed by atoms with E-state index in [4.69, 9.17) is 9.47 Å². The Morgan fingerprint density at radius 2 is 2.14 bits per heavy atom. The van der Waals surface area contributed by atoms with Gasteiger partial charge >= 0.3 is 6.18 Å². The number of halogens is 3. The van der Waals surface area contributed by atoms with E-state index >= 15 is 0 Å². The van der Waals surface area contributed by atoms with Gasteiger partial charge in [-0.05, 0) is 31.0 Å². The molecule has 1 unspecified atom stereocenters. The van der Waals surface area contributed by atoms with Gasteiger partial charge in [0.15, 0.2) is 5.96 Å². The summed E-state index contributed by atoms with van der Waals surface area (Å²) >= 11 is 0. The number of aliphatic imine (C=N–C) groups is 1. The van der Waals surface area contributed by atoms with Crippen LogP contribution < -0.4 is 15.4 Å². The van der Waals surface area contributed by atoms with Crippen molar-refractivity contribution >= 4 is 11.6 Å². The third-order valence-corrected chi connectivity index (χ3v) is 4.41. The average Bonchev–Trinajstić information content (AvgIpc) is 3.08. The first-order chi connectivity index (χ1) is 13.4. The molecule has 1 atom stereocenters. The van der Waals surface area contributed by atoms with Gasteiger partial charge in [-0.1, -0.05) is 6.07 Å². The minimum Gasteiger partial charge on any atom is -0.493 e. The number of hydrogen-bond donors (Lipinski definition) is 2. The third-order valence-electron chi connectivity index (χ3n) is 4.41. The van der Waals surface area contributed by atoms with Crippen molar-refractivity contribution in [2.24, 2.45) is 10.9 Å². The summed E-state index contributed by atoms with van der Waals surface area (Å²) < 4.78 is 48.1. The maximum absolute atomic E-state index is 12.5. The van der Waals surface area contributed by atoms with Gasteiger partial charge in [0.2, 0.25) is 0 Å². The van der Waals surface area contributed by atoms with Gasteiger partial charge in [-0.15, -0.1) is 0 Å². The van der Waals surface area contributed by atoms with Gasteiger partial charge in [-0.2, -0.15) is 13.2 Å². The first-order valence-corrected chi connectivity index (χ1v) is 9.38. The van der Waals surface area contributed by atoms with E-state index in [1.54, 1.807) is 14.2 Å². The van der Waals surface area contributed by atoms with Crippen molar-refractivity contribution < 1.29 is 22.6 Å². The van der Waals surface area contributed by atoms with E-state index in [1.165, 1.54) is 4.90 Å². The number of methoxy groups -OCH3 is 1. The molecule has 1 aliphatic rings. The summed E-state index contributed by atoms with van der Waals surface area (Å²) in [6.45, 7) is 1.86. The van der Waals surface area contributed by atoms with Crippen molar-refractivity contribution in [1.29, 1.82) is 0 Å². The maximum atomic E-state index is 12.5. The van der Waals surface area contributed by atoms with E-state index < -0.39 is 12.7 Å². The van der Waals surface area contributed by atoms with Crippen LogP contribution in [0.15, 0.2) is 29.3 Å². The van der Waals surface area contributed by atoms with E-state index in [-0.39, 0.29) is 5.92 Å². The average molecular weight is 402 g/mol. The minimum atomic E-state index is -4.14. The molecule has 28 heavy (non-hydrogen) atoms. The molecule has 9 heteroatoms. The Morgan fingerprint density at radius 3 is 2.86 bits per heavy atom. The SMILES string of the molecule is CN=C(NCC1CCN(CC(F)(F)F)C1)Nc1cccc(OCCCOC)c1. The predicted molar refractivity (Wildman–Crippen MR) is 104 cm³/mol. The zero-order chi connectivity index (χ0) is 20.4. The Hall–Kier alpha value is -2.00. The molecule has 0 aromatic heterocycles. The highest BCUT2D eigenvalue weighted by Crippen LogP contribution is 2.22. The quantitative estimate of drug-likeness (QED) is 0.378. The van der Waals surface area contributed by atoms with Crippen LogP contribution in [0.2, 0.25) is 0 Å². The lowest BCUT2D eigenvalue weighted by Crippen LogP contribution is -2.37. The summed E-state index contributed by atoms with van der Waals surface area (Å²) in [5.41, 5.74) is 0.822. The van der Waals surface area contributed by atoms with Crippen molar-refractivity contribution in [2.75, 3.05) is 58.9 Å². The molecule has 1 fully saturated rings. The van der Waals surface area contributed by atoms with Crippen molar-refractivity contribution in [2.45, 2.75) is 19.0 Å². The monoisotopic (exact) mass is 402 g/mol. The van der Waals surface area contributed by atoms with Crippen LogP contribution in [0.4, 0.5) is 18.9 Å². The van der Waals surface area contributed by atoms with Gasteiger partial charge in [0.1, 0.15) is 5.75 Å². The molecule has 1 heterocycles. The molecular weight excluding hydrogens is 373 g/mol. The van der Waals surface area contributed by atoms with Crippen LogP contribution in [0, 0.1) is 5.92 Å². The van der Waals surface area contributed by atoms with Crippen LogP contribution in [0.1, 0.15) is 12.8 Å². The third kappa shape index (κ3) is 8.35. The number of hydrogen-bond acceptors (Lipinski definition) is 4. The number of rotatable bonds is 9. The molecule has 1 aromatic rings. The number of guanidine groups is 1. The molecule has 1 saturated heterocycles. The molecule has 2 N–H and O–H groups in total. The van der Waals surface area contributed by atoms with Crippen LogP contribution in [-0.4, -0.2) is 70.6 Å². The van der Waals surface area contributed by atoms with E-state index in [2.05, 4.69) is 15.6 Å². The summed E-state index contributed by atoms with van der Waals surface area (Å²) in [4.78, 5) is 5.63. The number of anilines is 1. The minimum absolute atomic E-state index is 0.163. The fourth-order valence-electron chi connectivity index (χ4n) is 3.09. The van der Waals surface area contributed by atoms with Crippen molar-refractivity contribution in [3.8, 4) is 5.75 Å². The van der Waals surface area contributed by atoms with Crippen LogP contribution in [0.3, 0.4) is 0 Å². The molecule has 0 spiro atoms. The second kappa shape index (κ2) is 11.1. The van der Waals surface area contributed by atoms with Gasteiger partial charge in [-0.25, -0.2) is 0 Å². The highest BCUT2D eigenvalue weighted by molar-refractivity contribution is 5.93. The molecule has 2 rings (SSSR count). The highest BCUT2D eigenvalue weighted by Gasteiger charge is 2.34. The number of nitrogens with zero attached hydrogens (tertiary/aromatic N) is 2. The normalized spacial score (nSPS) is 18.3. The Kier molecular flexibility index (Phi) is 8.85. The number of likely N-dealkylation sites (tertiary alicyclic amines) is 1. The van der Waals surface area contributed by atoms with E-state index in [1.807, 2.05) is 24.3 Å². The van der Waals surface area contributed by atoms with E-state index in [0.717, 1.165) is 24.3 Å². The lowest BCUT2D eigenvalue weighted by Gasteiger charge is -2.19. The molecule has 6 nitrogen and oxygen atoms in total. The fraction of sp³-hybridized carbons (Fsp3) is 0.632. The van der Waals surface area contributed by atoms with Gasteiger partial charge in [0.05, 0.1) is 13.2 Å². The van der Waals surface area contributed by atoms with Gasteiger partial charge in [0.25, 0.3) is 0 Å². The fourth-order valence-corrected chi connectivity index (χ4v) is 3.09. The largest absolute Gasteiger partial charge is 0.493 e. The molecular formula is C19H29F3N4O2. The number of alkyl halides is 3. The molecule has 0 bridgehead atoms. The van der Waals surface area contributed by atoms with E-state index in [0.29, 0.717) is 38.8 Å². The lowest BCUT2D eigenvalue weighted by atomic mass is 10.1. The zero-order valence-electron chi connectivity index (χ0n) is 16.4. The van der Waals surface area contributed by atoms with E-state index in [9.17, 15) is 13.2 Å². The van der Waals surface area contributed by atoms with Gasteiger partial charge in [-0.3, -0.25) is 9.89 Å². The molecule has 158 valence electrons. The Labute approximate surface area is 164 Å². The standard InChI is InChI=1S/C19H29F3N4O2/c1-23-18(24-12-15-7-8-26(13-15)14-19(20,21)22)25-16-5-3-6-17(11-16)28-10-4-9-27-2/h3,5-6,11,15H,4,7-10,12-14H2,1-2H3,(H2,23,24,25). The summed E-state index contributed by atoms with van der Waals surface area (Å²) in [5.74, 6) is 1.48. The highest BCUT2D eigenvalue weighted by atomic mass is 19.4. The van der Waals surface area contributed by atoms with Crippen LogP contribution in [0.5, 0.6) is 5.75 Å². The lowest BCUT2D eigenvalue weighted by molar-refractivity contribution is -0.143. The Morgan fingerprint density at radius 1 is 1.32 bits per heavy atom. The summed E-state index contributed by atoms with van der Waals surface area (Å²) in [7, 11) is 3.31. The Balaban J connectivity index is 1.77. The zero-order valence-corrected chi connectivity index (χ0v) is 16.4. The summed E-state index contributed by atoms with van der Waals surface area (Å²) in [5, 5.41) is 6.38. The number of ether oxygens (including phenoxy) is 2. The number of benzene rings is 1. The van der Waals surface area contributed by atoms with Crippen molar-refractivity contribution in [1.82, 2.24) is 10.2 Å². The molecule has 1 aliphatic heterocycles. The van der Waals surface area contributed by atoms with Crippen LogP contribution in [0.25, 0.3) is 0 Å². The van der Waals surface area contributed by atoms with Crippen LogP contribution >= 0.6 is 0 Å². The molecule has 0 aliphatic carbocycles. The number of nitrogens with one attached hydrogen (secondary N) is 2. The second-order valence-corrected chi connectivity index (χ2v) is 6.81. The summed E-state index contributed by atoms with van der Waals surface area (Å²) in [6.07, 6.45) is -2.59. The van der Waals surface area contributed by atoms with Crippen molar-refractivity contribution in [3.63, 3.8) is 0 Å². The first kappa shape index (κ1) is 22.3.